The highest BCUT2D eigenvalue weighted by Gasteiger charge is 2.31. The van der Waals surface area contributed by atoms with E-state index in [0.717, 1.165) is 24.2 Å². The minimum absolute atomic E-state index is 0.263. The summed E-state index contributed by atoms with van der Waals surface area (Å²) in [6, 6.07) is 12.6. The maximum atomic E-state index is 12.1. The van der Waals surface area contributed by atoms with E-state index >= 15 is 0 Å². The van der Waals surface area contributed by atoms with Gasteiger partial charge in [0.05, 0.1) is 0 Å². The first-order chi connectivity index (χ1) is 11.7. The van der Waals surface area contributed by atoms with Crippen molar-refractivity contribution in [2.75, 3.05) is 14.1 Å². The van der Waals surface area contributed by atoms with Gasteiger partial charge in [0.15, 0.2) is 0 Å². The topological polar surface area (TPSA) is 41.6 Å². The van der Waals surface area contributed by atoms with Crippen LogP contribution in [0.2, 0.25) is 0 Å². The molecule has 1 amide bonds. The van der Waals surface area contributed by atoms with Gasteiger partial charge in [-0.2, -0.15) is 0 Å². The summed E-state index contributed by atoms with van der Waals surface area (Å²) in [5.74, 6) is -0.726. The second kappa shape index (κ2) is 8.02. The van der Waals surface area contributed by atoms with Crippen LogP contribution in [-0.4, -0.2) is 31.3 Å². The summed E-state index contributed by atoms with van der Waals surface area (Å²) in [6.07, 6.45) is -4.75. The zero-order chi connectivity index (χ0) is 18.4. The Kier molecular flexibility index (Phi) is 6.03. The number of halogens is 3. The minimum Gasteiger partial charge on any atom is -0.406 e. The Morgan fingerprint density at radius 2 is 1.56 bits per heavy atom. The van der Waals surface area contributed by atoms with Crippen LogP contribution in [0.15, 0.2) is 48.5 Å². The predicted octanol–water partition coefficient (Wildman–Crippen LogP) is 3.58. The smallest absolute Gasteiger partial charge is 0.406 e. The molecule has 0 aliphatic heterocycles. The molecule has 0 saturated carbocycles. The number of nitrogens with one attached hydrogen (secondary N) is 1. The van der Waals surface area contributed by atoms with Crippen LogP contribution in [0.5, 0.6) is 5.75 Å². The number of alkyl halides is 3. The first-order valence-corrected chi connectivity index (χ1v) is 7.59. The van der Waals surface area contributed by atoms with Crippen molar-refractivity contribution in [2.45, 2.75) is 19.5 Å². The molecule has 0 aromatic heterocycles. The molecule has 0 bridgehead atoms. The van der Waals surface area contributed by atoms with E-state index in [-0.39, 0.29) is 17.2 Å². The normalized spacial score (nSPS) is 11.4. The van der Waals surface area contributed by atoms with Crippen molar-refractivity contribution in [1.29, 1.82) is 0 Å². The Morgan fingerprint density at radius 1 is 1.00 bits per heavy atom. The van der Waals surface area contributed by atoms with E-state index in [9.17, 15) is 18.0 Å². The van der Waals surface area contributed by atoms with Crippen LogP contribution in [0.1, 0.15) is 21.5 Å². The van der Waals surface area contributed by atoms with Crippen LogP contribution in [0.4, 0.5) is 13.2 Å². The van der Waals surface area contributed by atoms with E-state index in [4.69, 9.17) is 0 Å². The molecular formula is C18H19F3N2O2. The number of ether oxygens (including phenoxy) is 1. The maximum absolute atomic E-state index is 12.1. The molecule has 0 aliphatic rings. The number of hydrogen-bond acceptors (Lipinski definition) is 3. The highest BCUT2D eigenvalue weighted by atomic mass is 19.4. The molecule has 1 N–H and O–H groups in total. The average molecular weight is 352 g/mol. The van der Waals surface area contributed by atoms with Gasteiger partial charge < -0.3 is 15.0 Å². The molecule has 0 atom stereocenters. The van der Waals surface area contributed by atoms with Crippen LogP contribution in [0, 0.1) is 0 Å². The molecule has 7 heteroatoms. The number of carbonyl (C=O) groups is 1. The average Bonchev–Trinajstić information content (AvgIpc) is 2.52. The molecule has 0 unspecified atom stereocenters. The molecule has 0 aliphatic carbocycles. The molecule has 0 saturated heterocycles. The lowest BCUT2D eigenvalue weighted by atomic mass is 10.1. The maximum Gasteiger partial charge on any atom is 0.573 e. The lowest BCUT2D eigenvalue weighted by Gasteiger charge is -2.11. The second-order valence-electron chi connectivity index (χ2n) is 5.81. The predicted molar refractivity (Wildman–Crippen MR) is 88.1 cm³/mol. The van der Waals surface area contributed by atoms with E-state index in [1.54, 1.807) is 0 Å². The van der Waals surface area contributed by atoms with Crippen molar-refractivity contribution in [2.24, 2.45) is 0 Å². The van der Waals surface area contributed by atoms with Gasteiger partial charge in [-0.15, -0.1) is 13.2 Å². The van der Waals surface area contributed by atoms with Crippen molar-refractivity contribution in [3.63, 3.8) is 0 Å². The largest absolute Gasteiger partial charge is 0.573 e. The Morgan fingerprint density at radius 3 is 2.08 bits per heavy atom. The van der Waals surface area contributed by atoms with Crippen LogP contribution >= 0.6 is 0 Å². The van der Waals surface area contributed by atoms with Gasteiger partial charge in [0, 0.05) is 18.7 Å². The lowest BCUT2D eigenvalue weighted by Crippen LogP contribution is -2.23. The SMILES string of the molecule is CN(C)Cc1ccc(CNC(=O)c2ccc(OC(F)(F)F)cc2)cc1. The summed E-state index contributed by atoms with van der Waals surface area (Å²) in [5, 5.41) is 2.73. The lowest BCUT2D eigenvalue weighted by molar-refractivity contribution is -0.274. The molecule has 0 spiro atoms. The molecule has 2 rings (SSSR count). The molecule has 134 valence electrons. The van der Waals surface area contributed by atoms with Crippen LogP contribution in [0.3, 0.4) is 0 Å². The summed E-state index contributed by atoms with van der Waals surface area (Å²) in [6.45, 7) is 1.17. The van der Waals surface area contributed by atoms with Gasteiger partial charge in [0.2, 0.25) is 0 Å². The summed E-state index contributed by atoms with van der Waals surface area (Å²) in [4.78, 5) is 14.1. The van der Waals surface area contributed by atoms with Crippen molar-refractivity contribution in [1.82, 2.24) is 10.2 Å². The van der Waals surface area contributed by atoms with Crippen molar-refractivity contribution in [3.8, 4) is 5.75 Å². The summed E-state index contributed by atoms with van der Waals surface area (Å²) in [5.41, 5.74) is 2.37. The van der Waals surface area contributed by atoms with Crippen LogP contribution in [0.25, 0.3) is 0 Å². The van der Waals surface area contributed by atoms with Gasteiger partial charge in [-0.25, -0.2) is 0 Å². The molecule has 0 heterocycles. The highest BCUT2D eigenvalue weighted by Crippen LogP contribution is 2.22. The van der Waals surface area contributed by atoms with Crippen LogP contribution < -0.4 is 10.1 Å². The highest BCUT2D eigenvalue weighted by molar-refractivity contribution is 5.94. The first-order valence-electron chi connectivity index (χ1n) is 7.59. The fourth-order valence-electron chi connectivity index (χ4n) is 2.22. The third kappa shape index (κ3) is 6.46. The van der Waals surface area contributed by atoms with Crippen molar-refractivity contribution >= 4 is 5.91 Å². The van der Waals surface area contributed by atoms with Gasteiger partial charge in [-0.05, 0) is 49.5 Å². The minimum atomic E-state index is -4.75. The number of benzene rings is 2. The van der Waals surface area contributed by atoms with Gasteiger partial charge in [-0.1, -0.05) is 24.3 Å². The third-order valence-electron chi connectivity index (χ3n) is 3.32. The molecular weight excluding hydrogens is 333 g/mol. The first kappa shape index (κ1) is 18.8. The fraction of sp³-hybridized carbons (Fsp3) is 0.278. The third-order valence-corrected chi connectivity index (χ3v) is 3.32. The van der Waals surface area contributed by atoms with Gasteiger partial charge in [-0.3, -0.25) is 4.79 Å². The standard InChI is InChI=1S/C18H19F3N2O2/c1-23(2)12-14-5-3-13(4-6-14)11-22-17(24)15-7-9-16(10-8-15)25-18(19,20)21/h3-10H,11-12H2,1-2H3,(H,22,24). The fourth-order valence-corrected chi connectivity index (χ4v) is 2.22. The van der Waals surface area contributed by atoms with Gasteiger partial charge in [0.1, 0.15) is 5.75 Å². The molecule has 0 fully saturated rings. The van der Waals surface area contributed by atoms with Crippen molar-refractivity contribution < 1.29 is 22.7 Å². The molecule has 2 aromatic rings. The number of hydrogen-bond donors (Lipinski definition) is 1. The summed E-state index contributed by atoms with van der Waals surface area (Å²) >= 11 is 0. The zero-order valence-corrected chi connectivity index (χ0v) is 13.9. The number of nitrogens with zero attached hydrogens (tertiary/aromatic N) is 1. The van der Waals surface area contributed by atoms with Gasteiger partial charge >= 0.3 is 6.36 Å². The zero-order valence-electron chi connectivity index (χ0n) is 13.9. The summed E-state index contributed by atoms with van der Waals surface area (Å²) < 4.78 is 40.1. The quantitative estimate of drug-likeness (QED) is 0.864. The molecule has 4 nitrogen and oxygen atoms in total. The van der Waals surface area contributed by atoms with E-state index in [2.05, 4.69) is 15.0 Å². The number of carbonyl (C=O) groups excluding carboxylic acids is 1. The Bertz CT molecular complexity index is 696. The second-order valence-corrected chi connectivity index (χ2v) is 5.81. The van der Waals surface area contributed by atoms with Gasteiger partial charge in [0.25, 0.3) is 5.91 Å². The summed E-state index contributed by atoms with van der Waals surface area (Å²) in [7, 11) is 3.97. The Hall–Kier alpha value is -2.54. The van der Waals surface area contributed by atoms with E-state index < -0.39 is 6.36 Å². The van der Waals surface area contributed by atoms with Crippen molar-refractivity contribution in [3.05, 3.63) is 65.2 Å². The van der Waals surface area contributed by atoms with Crippen LogP contribution in [-0.2, 0) is 13.1 Å². The van der Waals surface area contributed by atoms with E-state index in [1.165, 1.54) is 17.7 Å². The van der Waals surface area contributed by atoms with E-state index in [1.807, 2.05) is 38.4 Å². The molecule has 2 aromatic carbocycles. The van der Waals surface area contributed by atoms with E-state index in [0.29, 0.717) is 6.54 Å². The molecule has 25 heavy (non-hydrogen) atoms. The number of rotatable bonds is 6. The number of amides is 1. The Labute approximate surface area is 144 Å². The molecule has 0 radical (unpaired) electrons. The Balaban J connectivity index is 1.89. The monoisotopic (exact) mass is 352 g/mol.